The molecule has 0 amide bonds. The van der Waals surface area contributed by atoms with Gasteiger partial charge in [-0.15, -0.1) is 0 Å². The summed E-state index contributed by atoms with van der Waals surface area (Å²) in [5.41, 5.74) is 2.55. The van der Waals surface area contributed by atoms with Crippen molar-refractivity contribution in [2.75, 3.05) is 0 Å². The van der Waals surface area contributed by atoms with E-state index < -0.39 is 34.7 Å². The highest BCUT2D eigenvalue weighted by atomic mass is 79.9. The van der Waals surface area contributed by atoms with Crippen LogP contribution in [0.15, 0.2) is 142 Å². The molecule has 284 valence electrons. The van der Waals surface area contributed by atoms with Gasteiger partial charge in [-0.3, -0.25) is 0 Å². The van der Waals surface area contributed by atoms with Gasteiger partial charge in [0.05, 0.1) is 12.2 Å². The molecule has 0 aromatic heterocycles. The molecule has 6 rings (SSSR count). The molecule has 2 atom stereocenters. The Hall–Kier alpha value is -3.72. The topological polar surface area (TPSA) is 27.7 Å². The van der Waals surface area contributed by atoms with Gasteiger partial charge in [0.15, 0.2) is 23.1 Å². The number of halogens is 6. The average molecular weight is 910 g/mol. The summed E-state index contributed by atoms with van der Waals surface area (Å²) < 4.78 is 51.7. The van der Waals surface area contributed by atoms with Gasteiger partial charge in [-0.2, -0.15) is 0 Å². The molecule has 0 saturated heterocycles. The Balaban J connectivity index is 1.40. The number of benzene rings is 6. The average Bonchev–Trinajstić information content (AvgIpc) is 3.15. The third-order valence-corrected chi connectivity index (χ3v) is 11.6. The van der Waals surface area contributed by atoms with Crippen LogP contribution >= 0.6 is 55.1 Å². The third-order valence-electron chi connectivity index (χ3n) is 10.0. The fourth-order valence-electron chi connectivity index (χ4n) is 6.47. The van der Waals surface area contributed by atoms with E-state index in [4.69, 9.17) is 37.4 Å². The van der Waals surface area contributed by atoms with Crippen LogP contribution in [-0.4, -0.2) is 12.2 Å². The van der Waals surface area contributed by atoms with Crippen molar-refractivity contribution >= 4 is 55.1 Å². The Morgan fingerprint density at radius 1 is 0.509 bits per heavy atom. The molecule has 9 heteroatoms. The maximum Gasteiger partial charge on any atom is 0.165 e. The van der Waals surface area contributed by atoms with Crippen molar-refractivity contribution in [2.45, 2.75) is 63.6 Å². The first-order valence-electron chi connectivity index (χ1n) is 17.8. The van der Waals surface area contributed by atoms with Crippen LogP contribution in [0.2, 0.25) is 10.0 Å². The zero-order valence-electron chi connectivity index (χ0n) is 30.8. The predicted octanol–water partition coefficient (Wildman–Crippen LogP) is 14.9. The van der Waals surface area contributed by atoms with Gasteiger partial charge >= 0.3 is 0 Å². The minimum Gasteiger partial charge on any atom is -0.454 e. The van der Waals surface area contributed by atoms with Gasteiger partial charge in [0.2, 0.25) is 0 Å². The van der Waals surface area contributed by atoms with Crippen molar-refractivity contribution in [1.82, 2.24) is 0 Å². The molecule has 0 N–H and O–H groups in total. The van der Waals surface area contributed by atoms with Crippen LogP contribution in [0.1, 0.15) is 49.9 Å². The molecule has 0 radical (unpaired) electrons. The highest BCUT2D eigenvalue weighted by Crippen LogP contribution is 2.40. The van der Waals surface area contributed by atoms with E-state index in [2.05, 4.69) is 59.6 Å². The smallest absolute Gasteiger partial charge is 0.165 e. The van der Waals surface area contributed by atoms with Gasteiger partial charge in [-0.05, 0) is 132 Å². The van der Waals surface area contributed by atoms with Crippen LogP contribution in [0.5, 0.6) is 23.0 Å². The van der Waals surface area contributed by atoms with Gasteiger partial charge in [-0.25, -0.2) is 8.78 Å². The Labute approximate surface area is 348 Å². The van der Waals surface area contributed by atoms with Crippen LogP contribution in [0.25, 0.3) is 0 Å². The summed E-state index contributed by atoms with van der Waals surface area (Å²) in [4.78, 5) is 0. The summed E-state index contributed by atoms with van der Waals surface area (Å²) in [5, 5.41) is 1.26. The molecule has 2 unspecified atom stereocenters. The fourth-order valence-corrected chi connectivity index (χ4v) is 7.25. The molecule has 0 aliphatic carbocycles. The Bertz CT molecular complexity index is 2050. The van der Waals surface area contributed by atoms with Crippen LogP contribution < -0.4 is 9.47 Å². The molecule has 6 aromatic rings. The molecule has 0 spiro atoms. The Morgan fingerprint density at radius 3 is 1.20 bits per heavy atom. The van der Waals surface area contributed by atoms with Crippen LogP contribution in [0, 0.1) is 11.6 Å². The van der Waals surface area contributed by atoms with E-state index in [1.165, 1.54) is 12.1 Å². The van der Waals surface area contributed by atoms with Crippen LogP contribution in [0.4, 0.5) is 8.78 Å². The SMILES string of the molecule is CC(C)(c1ccc(Cl)cc1)C(Cc1ccc(F)c(Oc2ccc(Br)cc2)c1)OC(Cc1ccc(F)c(Oc2ccc(Br)cc2)c1)C(C)(C)c1ccc(Cl)cc1. The standard InChI is InChI=1S/C46H40Br2Cl2F2O3/c1-45(2,31-7-15-35(49)16-8-31)43(27-29-5-23-39(51)41(25-29)53-37-19-11-33(47)12-20-37)55-44(46(3,4)32-9-17-36(50)18-10-32)28-30-6-24-40(52)42(26-30)54-38-21-13-34(48)14-22-38/h5-26,43-44H,27-28H2,1-4H3. The monoisotopic (exact) mass is 906 g/mol. The molecular weight excluding hydrogens is 869 g/mol. The lowest BCUT2D eigenvalue weighted by atomic mass is 9.74. The highest BCUT2D eigenvalue weighted by Gasteiger charge is 2.40. The summed E-state index contributed by atoms with van der Waals surface area (Å²) >= 11 is 19.6. The summed E-state index contributed by atoms with van der Waals surface area (Å²) in [5.74, 6) is 0.318. The van der Waals surface area contributed by atoms with E-state index in [0.717, 1.165) is 31.2 Å². The third kappa shape index (κ3) is 10.4. The normalized spacial score (nSPS) is 13.0. The fraction of sp³-hybridized carbons (Fsp3) is 0.217. The zero-order valence-corrected chi connectivity index (χ0v) is 35.4. The van der Waals surface area contributed by atoms with Gasteiger partial charge < -0.3 is 14.2 Å². The quantitative estimate of drug-likeness (QED) is 0.109. The highest BCUT2D eigenvalue weighted by molar-refractivity contribution is 9.10. The van der Waals surface area contributed by atoms with E-state index in [1.807, 2.05) is 72.8 Å². The van der Waals surface area contributed by atoms with Crippen molar-refractivity contribution in [3.63, 3.8) is 0 Å². The lowest BCUT2D eigenvalue weighted by molar-refractivity contribution is -0.0753. The van der Waals surface area contributed by atoms with Crippen molar-refractivity contribution in [1.29, 1.82) is 0 Å². The largest absolute Gasteiger partial charge is 0.454 e. The number of rotatable bonds is 14. The molecule has 3 nitrogen and oxygen atoms in total. The first kappa shape index (κ1) is 40.9. The summed E-state index contributed by atoms with van der Waals surface area (Å²) in [6.07, 6.45) is -0.0622. The lowest BCUT2D eigenvalue weighted by Crippen LogP contribution is -2.46. The summed E-state index contributed by atoms with van der Waals surface area (Å²) in [7, 11) is 0. The molecule has 0 aliphatic heterocycles. The minimum atomic E-state index is -0.571. The number of hydrogen-bond donors (Lipinski definition) is 0. The molecular formula is C46H40Br2Cl2F2O3. The van der Waals surface area contributed by atoms with Crippen molar-refractivity contribution in [2.24, 2.45) is 0 Å². The van der Waals surface area contributed by atoms with E-state index in [9.17, 15) is 0 Å². The second kappa shape index (κ2) is 17.6. The first-order valence-corrected chi connectivity index (χ1v) is 20.1. The first-order chi connectivity index (χ1) is 26.2. The van der Waals surface area contributed by atoms with Gasteiger partial charge in [-0.1, -0.05) is 119 Å². The second-order valence-corrected chi connectivity index (χ2v) is 17.3. The number of ether oxygens (including phenoxy) is 3. The molecule has 0 saturated carbocycles. The lowest BCUT2D eigenvalue weighted by Gasteiger charge is -2.43. The molecule has 55 heavy (non-hydrogen) atoms. The number of hydrogen-bond acceptors (Lipinski definition) is 3. The molecule has 0 fully saturated rings. The molecule has 6 aromatic carbocycles. The van der Waals surface area contributed by atoms with Crippen molar-refractivity contribution in [3.8, 4) is 23.0 Å². The van der Waals surface area contributed by atoms with Crippen molar-refractivity contribution < 1.29 is 23.0 Å². The van der Waals surface area contributed by atoms with E-state index in [0.29, 0.717) is 34.4 Å². The van der Waals surface area contributed by atoms with Gasteiger partial charge in [0, 0.05) is 29.8 Å². The second-order valence-electron chi connectivity index (χ2n) is 14.6. The molecule has 0 bridgehead atoms. The van der Waals surface area contributed by atoms with Crippen LogP contribution in [-0.2, 0) is 28.4 Å². The maximum absolute atomic E-state index is 15.2. The van der Waals surface area contributed by atoms with E-state index >= 15 is 8.78 Å². The van der Waals surface area contributed by atoms with Crippen molar-refractivity contribution in [3.05, 3.63) is 186 Å². The molecule has 0 aliphatic rings. The Kier molecular flexibility index (Phi) is 13.1. The predicted molar refractivity (Wildman–Crippen MR) is 226 cm³/mol. The summed E-state index contributed by atoms with van der Waals surface area (Å²) in [6.45, 7) is 8.55. The van der Waals surface area contributed by atoms with Crippen LogP contribution in [0.3, 0.4) is 0 Å². The van der Waals surface area contributed by atoms with Gasteiger partial charge in [0.25, 0.3) is 0 Å². The Morgan fingerprint density at radius 2 is 0.855 bits per heavy atom. The minimum absolute atomic E-state index is 0.116. The maximum atomic E-state index is 15.2. The van der Waals surface area contributed by atoms with E-state index in [-0.39, 0.29) is 11.5 Å². The van der Waals surface area contributed by atoms with E-state index in [1.54, 1.807) is 48.5 Å². The zero-order chi connectivity index (χ0) is 39.3. The summed E-state index contributed by atoms with van der Waals surface area (Å²) in [6, 6.07) is 39.9. The van der Waals surface area contributed by atoms with Gasteiger partial charge in [0.1, 0.15) is 11.5 Å². The molecule has 0 heterocycles.